The van der Waals surface area contributed by atoms with E-state index in [4.69, 9.17) is 5.73 Å². The number of aliphatic imine (C=N–C) groups is 1. The molecule has 0 aliphatic carbocycles. The second kappa shape index (κ2) is 5.78. The molecule has 0 saturated carbocycles. The largest absolute Gasteiger partial charge is 0.370 e. The summed E-state index contributed by atoms with van der Waals surface area (Å²) >= 11 is 5.43. The van der Waals surface area contributed by atoms with Gasteiger partial charge in [-0.15, -0.1) is 0 Å². The third-order valence-electron chi connectivity index (χ3n) is 2.84. The van der Waals surface area contributed by atoms with Gasteiger partial charge in [0.05, 0.1) is 18.3 Å². The van der Waals surface area contributed by atoms with Gasteiger partial charge in [0.2, 0.25) is 0 Å². The molecule has 92 valence electrons. The summed E-state index contributed by atoms with van der Waals surface area (Å²) < 4.78 is 1.06. The molecule has 2 N–H and O–H groups in total. The van der Waals surface area contributed by atoms with Crippen LogP contribution in [-0.4, -0.2) is 30.6 Å². The number of halogens is 1. The van der Waals surface area contributed by atoms with Crippen LogP contribution in [0.1, 0.15) is 6.42 Å². The molecule has 0 bridgehead atoms. The van der Waals surface area contributed by atoms with E-state index < -0.39 is 0 Å². The lowest BCUT2D eigenvalue weighted by molar-refractivity contribution is 0.690. The molecule has 3 nitrogen and oxygen atoms in total. The van der Waals surface area contributed by atoms with Gasteiger partial charge < -0.3 is 10.6 Å². The summed E-state index contributed by atoms with van der Waals surface area (Å²) in [5.74, 6) is 1.76. The second-order valence-corrected chi connectivity index (χ2v) is 5.80. The Bertz CT molecular complexity index is 422. The van der Waals surface area contributed by atoms with Crippen LogP contribution in [0.3, 0.4) is 0 Å². The Morgan fingerprint density at radius 2 is 2.29 bits per heavy atom. The highest BCUT2D eigenvalue weighted by molar-refractivity contribution is 9.10. The summed E-state index contributed by atoms with van der Waals surface area (Å²) in [5, 5.41) is 0. The lowest BCUT2D eigenvalue weighted by Crippen LogP contribution is -2.41. The van der Waals surface area contributed by atoms with Crippen LogP contribution in [-0.2, 0) is 0 Å². The van der Waals surface area contributed by atoms with Gasteiger partial charge in [-0.1, -0.05) is 12.1 Å². The first-order valence-corrected chi connectivity index (χ1v) is 7.75. The Hall–Kier alpha value is -0.680. The lowest BCUT2D eigenvalue weighted by Gasteiger charge is -2.27. The molecule has 2 rings (SSSR count). The van der Waals surface area contributed by atoms with Gasteiger partial charge in [-0.3, -0.25) is 4.99 Å². The van der Waals surface area contributed by atoms with Crippen LogP contribution in [0.15, 0.2) is 33.7 Å². The van der Waals surface area contributed by atoms with E-state index in [1.807, 2.05) is 30.0 Å². The quantitative estimate of drug-likeness (QED) is 0.929. The fraction of sp³-hybridized carbons (Fsp3) is 0.417. The van der Waals surface area contributed by atoms with Gasteiger partial charge in [-0.2, -0.15) is 11.8 Å². The fourth-order valence-electron chi connectivity index (χ4n) is 1.99. The number of guanidine groups is 1. The zero-order chi connectivity index (χ0) is 12.3. The smallest absolute Gasteiger partial charge is 0.196 e. The molecule has 1 aliphatic rings. The molecule has 0 amide bonds. The first kappa shape index (κ1) is 12.8. The van der Waals surface area contributed by atoms with Gasteiger partial charge in [0.1, 0.15) is 0 Å². The number of rotatable bonds is 4. The van der Waals surface area contributed by atoms with Crippen molar-refractivity contribution in [3.05, 3.63) is 28.7 Å². The molecule has 1 aromatic rings. The van der Waals surface area contributed by atoms with Gasteiger partial charge in [-0.05, 0) is 46.5 Å². The van der Waals surface area contributed by atoms with Gasteiger partial charge in [0, 0.05) is 4.47 Å². The Labute approximate surface area is 115 Å². The van der Waals surface area contributed by atoms with Crippen LogP contribution in [0.2, 0.25) is 0 Å². The van der Waals surface area contributed by atoms with Crippen molar-refractivity contribution >= 4 is 39.3 Å². The zero-order valence-electron chi connectivity index (χ0n) is 9.77. The summed E-state index contributed by atoms with van der Waals surface area (Å²) in [6.07, 6.45) is 3.23. The van der Waals surface area contributed by atoms with Gasteiger partial charge in [0.25, 0.3) is 0 Å². The van der Waals surface area contributed by atoms with Crippen LogP contribution >= 0.6 is 27.7 Å². The first-order chi connectivity index (χ1) is 8.24. The number of para-hydroxylation sites is 1. The number of benzene rings is 1. The number of hydrogen-bond donors (Lipinski definition) is 1. The molecular formula is C12H16BrN3S. The van der Waals surface area contributed by atoms with Crippen LogP contribution in [0.25, 0.3) is 0 Å². The van der Waals surface area contributed by atoms with Crippen molar-refractivity contribution in [1.82, 2.24) is 0 Å². The minimum Gasteiger partial charge on any atom is -0.370 e. The number of anilines is 1. The lowest BCUT2D eigenvalue weighted by atomic mass is 10.2. The van der Waals surface area contributed by atoms with Crippen molar-refractivity contribution in [2.24, 2.45) is 10.7 Å². The Kier molecular flexibility index (Phi) is 4.34. The first-order valence-electron chi connectivity index (χ1n) is 5.56. The van der Waals surface area contributed by atoms with E-state index >= 15 is 0 Å². The minimum absolute atomic E-state index is 0.390. The molecule has 1 aromatic carbocycles. The van der Waals surface area contributed by atoms with E-state index in [2.05, 4.69) is 38.1 Å². The average Bonchev–Trinajstić information content (AvgIpc) is 2.69. The number of hydrogen-bond acceptors (Lipinski definition) is 4. The molecule has 17 heavy (non-hydrogen) atoms. The van der Waals surface area contributed by atoms with Crippen molar-refractivity contribution in [2.45, 2.75) is 12.5 Å². The maximum Gasteiger partial charge on any atom is 0.196 e. The SMILES string of the molecule is CSCCC1CN=C(N)N1c1ccccc1Br. The van der Waals surface area contributed by atoms with Crippen LogP contribution in [0, 0.1) is 0 Å². The standard InChI is InChI=1S/C12H16BrN3S/c1-17-7-6-9-8-15-12(14)16(9)11-5-3-2-4-10(11)13/h2-5,9H,6-8H2,1H3,(H2,14,15). The van der Waals surface area contributed by atoms with E-state index in [0.29, 0.717) is 12.0 Å². The summed E-state index contributed by atoms with van der Waals surface area (Å²) in [6.45, 7) is 0.799. The molecule has 1 aliphatic heterocycles. The average molecular weight is 314 g/mol. The molecule has 1 atom stereocenters. The summed E-state index contributed by atoms with van der Waals surface area (Å²) in [7, 11) is 0. The van der Waals surface area contributed by atoms with Crippen LogP contribution < -0.4 is 10.6 Å². The second-order valence-electron chi connectivity index (χ2n) is 3.96. The van der Waals surface area contributed by atoms with Crippen molar-refractivity contribution in [2.75, 3.05) is 23.5 Å². The van der Waals surface area contributed by atoms with E-state index in [1.54, 1.807) is 0 Å². The van der Waals surface area contributed by atoms with Crippen molar-refractivity contribution in [3.63, 3.8) is 0 Å². The molecule has 1 heterocycles. The summed E-state index contributed by atoms with van der Waals surface area (Å²) in [5.41, 5.74) is 7.10. The molecule has 0 radical (unpaired) electrons. The Morgan fingerprint density at radius 1 is 1.53 bits per heavy atom. The van der Waals surface area contributed by atoms with E-state index in [0.717, 1.165) is 28.9 Å². The van der Waals surface area contributed by atoms with Crippen molar-refractivity contribution < 1.29 is 0 Å². The summed E-state index contributed by atoms with van der Waals surface area (Å²) in [6, 6.07) is 8.53. The van der Waals surface area contributed by atoms with Crippen molar-refractivity contribution in [3.8, 4) is 0 Å². The predicted molar refractivity (Wildman–Crippen MR) is 79.9 cm³/mol. The molecule has 0 saturated heterocycles. The highest BCUT2D eigenvalue weighted by Gasteiger charge is 2.27. The van der Waals surface area contributed by atoms with Crippen LogP contribution in [0.4, 0.5) is 5.69 Å². The third kappa shape index (κ3) is 2.77. The predicted octanol–water partition coefficient (Wildman–Crippen LogP) is 2.71. The van der Waals surface area contributed by atoms with E-state index in [-0.39, 0.29) is 0 Å². The maximum atomic E-state index is 5.99. The Balaban J connectivity index is 2.22. The van der Waals surface area contributed by atoms with Crippen LogP contribution in [0.5, 0.6) is 0 Å². The minimum atomic E-state index is 0.390. The van der Waals surface area contributed by atoms with Gasteiger partial charge in [0.15, 0.2) is 5.96 Å². The highest BCUT2D eigenvalue weighted by Crippen LogP contribution is 2.30. The molecule has 1 unspecified atom stereocenters. The molecule has 0 aromatic heterocycles. The van der Waals surface area contributed by atoms with Crippen molar-refractivity contribution in [1.29, 1.82) is 0 Å². The highest BCUT2D eigenvalue weighted by atomic mass is 79.9. The molecule has 0 fully saturated rings. The van der Waals surface area contributed by atoms with E-state index in [9.17, 15) is 0 Å². The number of thioether (sulfide) groups is 1. The normalized spacial score (nSPS) is 19.5. The van der Waals surface area contributed by atoms with Gasteiger partial charge >= 0.3 is 0 Å². The molecule has 0 spiro atoms. The third-order valence-corrected chi connectivity index (χ3v) is 4.16. The molecular weight excluding hydrogens is 298 g/mol. The number of nitrogens with two attached hydrogens (primary N) is 1. The van der Waals surface area contributed by atoms with E-state index in [1.165, 1.54) is 0 Å². The molecule has 5 heteroatoms. The van der Waals surface area contributed by atoms with Gasteiger partial charge in [-0.25, -0.2) is 0 Å². The monoisotopic (exact) mass is 313 g/mol. The summed E-state index contributed by atoms with van der Waals surface area (Å²) in [4.78, 5) is 6.50. The fourth-order valence-corrected chi connectivity index (χ4v) is 2.97. The maximum absolute atomic E-state index is 5.99. The number of nitrogens with zero attached hydrogens (tertiary/aromatic N) is 2. The topological polar surface area (TPSA) is 41.6 Å². The zero-order valence-corrected chi connectivity index (χ0v) is 12.2. The Morgan fingerprint density at radius 3 is 3.00 bits per heavy atom.